The zero-order valence-electron chi connectivity index (χ0n) is 7.72. The maximum absolute atomic E-state index is 10.7. The van der Waals surface area contributed by atoms with Gasteiger partial charge in [0.15, 0.2) is 12.5 Å². The number of hydrogen-bond acceptors (Lipinski definition) is 4. The Balaban J connectivity index is 2.25. The van der Waals surface area contributed by atoms with Gasteiger partial charge in [0.05, 0.1) is 6.61 Å². The van der Waals surface area contributed by atoms with Gasteiger partial charge in [0.2, 0.25) is 0 Å². The SMILES string of the molecule is Nc1cccc(N2CCOC2C=O)c1. The Bertz CT molecular complexity index is 341. The van der Waals surface area contributed by atoms with E-state index in [1.165, 1.54) is 0 Å². The summed E-state index contributed by atoms with van der Waals surface area (Å²) in [5, 5.41) is 0. The molecule has 1 heterocycles. The van der Waals surface area contributed by atoms with E-state index in [2.05, 4.69) is 0 Å². The molecule has 0 aliphatic carbocycles. The van der Waals surface area contributed by atoms with Crippen molar-refractivity contribution >= 4 is 17.7 Å². The van der Waals surface area contributed by atoms with Crippen molar-refractivity contribution in [2.75, 3.05) is 23.8 Å². The Morgan fingerprint density at radius 2 is 2.43 bits per heavy atom. The fraction of sp³-hybridized carbons (Fsp3) is 0.300. The molecule has 1 fully saturated rings. The second-order valence-corrected chi connectivity index (χ2v) is 3.19. The highest BCUT2D eigenvalue weighted by Gasteiger charge is 2.24. The van der Waals surface area contributed by atoms with Gasteiger partial charge in [-0.3, -0.25) is 4.79 Å². The number of benzene rings is 1. The van der Waals surface area contributed by atoms with Gasteiger partial charge in [0.25, 0.3) is 0 Å². The quantitative estimate of drug-likeness (QED) is 0.551. The Morgan fingerprint density at radius 3 is 3.14 bits per heavy atom. The van der Waals surface area contributed by atoms with Gasteiger partial charge in [-0.1, -0.05) is 6.07 Å². The molecule has 1 unspecified atom stereocenters. The number of carbonyl (C=O) groups excluding carboxylic acids is 1. The third-order valence-electron chi connectivity index (χ3n) is 2.25. The second-order valence-electron chi connectivity index (χ2n) is 3.19. The number of hydrogen-bond donors (Lipinski definition) is 1. The summed E-state index contributed by atoms with van der Waals surface area (Å²) < 4.78 is 5.23. The lowest BCUT2D eigenvalue weighted by Crippen LogP contribution is -2.31. The molecule has 1 saturated heterocycles. The number of nitrogens with two attached hydrogens (primary N) is 1. The monoisotopic (exact) mass is 192 g/mol. The van der Waals surface area contributed by atoms with Crippen LogP contribution in [0.3, 0.4) is 0 Å². The molecule has 0 amide bonds. The first-order chi connectivity index (χ1) is 6.81. The van der Waals surface area contributed by atoms with Gasteiger partial charge < -0.3 is 15.4 Å². The Morgan fingerprint density at radius 1 is 1.57 bits per heavy atom. The molecule has 14 heavy (non-hydrogen) atoms. The van der Waals surface area contributed by atoms with Crippen LogP contribution in [0.2, 0.25) is 0 Å². The molecular weight excluding hydrogens is 180 g/mol. The summed E-state index contributed by atoms with van der Waals surface area (Å²) in [6, 6.07) is 7.44. The standard InChI is InChI=1S/C10H12N2O2/c11-8-2-1-3-9(6-8)12-4-5-14-10(12)7-13/h1-3,6-7,10H,4-5,11H2. The van der Waals surface area contributed by atoms with E-state index in [9.17, 15) is 4.79 Å². The first-order valence-corrected chi connectivity index (χ1v) is 4.50. The van der Waals surface area contributed by atoms with E-state index in [-0.39, 0.29) is 0 Å². The van der Waals surface area contributed by atoms with Crippen molar-refractivity contribution in [3.8, 4) is 0 Å². The summed E-state index contributed by atoms with van der Waals surface area (Å²) in [4.78, 5) is 12.6. The van der Waals surface area contributed by atoms with Crippen LogP contribution in [-0.2, 0) is 9.53 Å². The van der Waals surface area contributed by atoms with E-state index in [1.807, 2.05) is 29.2 Å². The molecule has 0 aromatic heterocycles. The van der Waals surface area contributed by atoms with E-state index in [4.69, 9.17) is 10.5 Å². The van der Waals surface area contributed by atoms with Crippen molar-refractivity contribution in [1.82, 2.24) is 0 Å². The first-order valence-electron chi connectivity index (χ1n) is 4.50. The van der Waals surface area contributed by atoms with Crippen molar-refractivity contribution < 1.29 is 9.53 Å². The van der Waals surface area contributed by atoms with Gasteiger partial charge in [0, 0.05) is 17.9 Å². The number of rotatable bonds is 2. The van der Waals surface area contributed by atoms with Crippen molar-refractivity contribution in [3.05, 3.63) is 24.3 Å². The molecular formula is C10H12N2O2. The summed E-state index contributed by atoms with van der Waals surface area (Å²) in [5.41, 5.74) is 7.28. The zero-order chi connectivity index (χ0) is 9.97. The molecule has 4 heteroatoms. The topological polar surface area (TPSA) is 55.6 Å². The summed E-state index contributed by atoms with van der Waals surface area (Å²) in [7, 11) is 0. The molecule has 1 atom stereocenters. The Hall–Kier alpha value is -1.55. The Kier molecular flexibility index (Phi) is 2.37. The maximum Gasteiger partial charge on any atom is 0.186 e. The smallest absolute Gasteiger partial charge is 0.186 e. The summed E-state index contributed by atoms with van der Waals surface area (Å²) in [6.45, 7) is 1.31. The Labute approximate surface area is 82.3 Å². The molecule has 0 radical (unpaired) electrons. The minimum absolute atomic E-state index is 0.461. The summed E-state index contributed by atoms with van der Waals surface area (Å²) in [5.74, 6) is 0. The normalized spacial score (nSPS) is 21.1. The average molecular weight is 192 g/mol. The third-order valence-corrected chi connectivity index (χ3v) is 2.25. The fourth-order valence-corrected chi connectivity index (χ4v) is 1.58. The van der Waals surface area contributed by atoms with Crippen LogP contribution in [0.5, 0.6) is 0 Å². The lowest BCUT2D eigenvalue weighted by Gasteiger charge is -2.20. The minimum Gasteiger partial charge on any atom is -0.399 e. The minimum atomic E-state index is -0.461. The molecule has 1 aromatic carbocycles. The van der Waals surface area contributed by atoms with Crippen LogP contribution < -0.4 is 10.6 Å². The highest BCUT2D eigenvalue weighted by molar-refractivity contribution is 5.67. The van der Waals surface area contributed by atoms with Gasteiger partial charge in [-0.2, -0.15) is 0 Å². The third kappa shape index (κ3) is 1.56. The second kappa shape index (κ2) is 3.67. The van der Waals surface area contributed by atoms with E-state index < -0.39 is 6.23 Å². The van der Waals surface area contributed by atoms with E-state index in [0.29, 0.717) is 12.3 Å². The highest BCUT2D eigenvalue weighted by Crippen LogP contribution is 2.22. The van der Waals surface area contributed by atoms with E-state index >= 15 is 0 Å². The molecule has 4 nitrogen and oxygen atoms in total. The van der Waals surface area contributed by atoms with Crippen molar-refractivity contribution in [2.24, 2.45) is 0 Å². The molecule has 0 saturated carbocycles. The van der Waals surface area contributed by atoms with Gasteiger partial charge in [0.1, 0.15) is 0 Å². The van der Waals surface area contributed by atoms with Gasteiger partial charge in [-0.25, -0.2) is 0 Å². The molecule has 2 rings (SSSR count). The van der Waals surface area contributed by atoms with Crippen molar-refractivity contribution in [2.45, 2.75) is 6.23 Å². The predicted octanol–water partition coefficient (Wildman–Crippen LogP) is 0.630. The lowest BCUT2D eigenvalue weighted by molar-refractivity contribution is -0.115. The molecule has 1 aliphatic rings. The number of nitrogen functional groups attached to an aromatic ring is 1. The molecule has 0 spiro atoms. The van der Waals surface area contributed by atoms with Crippen LogP contribution in [0.25, 0.3) is 0 Å². The van der Waals surface area contributed by atoms with Gasteiger partial charge in [-0.05, 0) is 18.2 Å². The largest absolute Gasteiger partial charge is 0.399 e. The van der Waals surface area contributed by atoms with Crippen molar-refractivity contribution in [1.29, 1.82) is 0 Å². The van der Waals surface area contributed by atoms with Crippen LogP contribution in [0.4, 0.5) is 11.4 Å². The van der Waals surface area contributed by atoms with E-state index in [0.717, 1.165) is 18.5 Å². The number of carbonyl (C=O) groups is 1. The van der Waals surface area contributed by atoms with Crippen LogP contribution in [-0.4, -0.2) is 25.7 Å². The highest BCUT2D eigenvalue weighted by atomic mass is 16.5. The molecule has 2 N–H and O–H groups in total. The number of aldehydes is 1. The number of ether oxygens (including phenoxy) is 1. The maximum atomic E-state index is 10.7. The number of nitrogens with zero attached hydrogens (tertiary/aromatic N) is 1. The molecule has 0 bridgehead atoms. The molecule has 1 aromatic rings. The lowest BCUT2D eigenvalue weighted by atomic mass is 10.2. The van der Waals surface area contributed by atoms with Crippen molar-refractivity contribution in [3.63, 3.8) is 0 Å². The fourth-order valence-electron chi connectivity index (χ4n) is 1.58. The molecule has 1 aliphatic heterocycles. The zero-order valence-corrected chi connectivity index (χ0v) is 7.72. The van der Waals surface area contributed by atoms with Crippen LogP contribution in [0.1, 0.15) is 0 Å². The van der Waals surface area contributed by atoms with Gasteiger partial charge in [-0.15, -0.1) is 0 Å². The van der Waals surface area contributed by atoms with Gasteiger partial charge >= 0.3 is 0 Å². The van der Waals surface area contributed by atoms with Crippen LogP contribution in [0.15, 0.2) is 24.3 Å². The summed E-state index contributed by atoms with van der Waals surface area (Å²) in [6.07, 6.45) is 0.340. The number of anilines is 2. The molecule has 74 valence electrons. The average Bonchev–Trinajstić information content (AvgIpc) is 2.65. The predicted molar refractivity (Wildman–Crippen MR) is 54.0 cm³/mol. The van der Waals surface area contributed by atoms with Crippen LogP contribution in [0, 0.1) is 0 Å². The first kappa shape index (κ1) is 9.02. The van der Waals surface area contributed by atoms with E-state index in [1.54, 1.807) is 0 Å². The van der Waals surface area contributed by atoms with Crippen LogP contribution >= 0.6 is 0 Å². The summed E-state index contributed by atoms with van der Waals surface area (Å²) >= 11 is 0.